The van der Waals surface area contributed by atoms with Gasteiger partial charge in [-0.3, -0.25) is 0 Å². The molecule has 2 N–H and O–H groups in total. The molecule has 3 heterocycles. The van der Waals surface area contributed by atoms with Gasteiger partial charge in [0.15, 0.2) is 5.82 Å². The van der Waals surface area contributed by atoms with E-state index in [4.69, 9.17) is 5.73 Å². The molecule has 114 valence electrons. The number of benzene rings is 1. The van der Waals surface area contributed by atoms with Crippen LogP contribution in [0.2, 0.25) is 0 Å². The molecule has 0 unspecified atom stereocenters. The molecule has 0 bridgehead atoms. The summed E-state index contributed by atoms with van der Waals surface area (Å²) in [5.41, 5.74) is 10.9. The normalized spacial score (nSPS) is 11.2. The average Bonchev–Trinajstić information content (AvgIpc) is 3.20. The summed E-state index contributed by atoms with van der Waals surface area (Å²) in [6.45, 7) is 2.11. The number of nitrogen functional groups attached to an aromatic ring is 1. The van der Waals surface area contributed by atoms with E-state index in [0.29, 0.717) is 5.82 Å². The summed E-state index contributed by atoms with van der Waals surface area (Å²) in [7, 11) is 0. The van der Waals surface area contributed by atoms with Gasteiger partial charge in [0.2, 0.25) is 0 Å². The maximum atomic E-state index is 6.13. The van der Waals surface area contributed by atoms with Crippen molar-refractivity contribution in [2.24, 2.45) is 0 Å². The number of nitrogens with two attached hydrogens (primary N) is 1. The van der Waals surface area contributed by atoms with Gasteiger partial charge in [0, 0.05) is 10.9 Å². The van der Waals surface area contributed by atoms with Crippen LogP contribution in [0.15, 0.2) is 48.1 Å². The number of aryl methyl sites for hydroxylation is 1. The first kappa shape index (κ1) is 13.9. The third-order valence-corrected chi connectivity index (χ3v) is 4.78. The molecule has 6 heteroatoms. The summed E-state index contributed by atoms with van der Waals surface area (Å²) in [5, 5.41) is 7.56. The molecule has 4 rings (SSSR count). The number of aromatic nitrogens is 4. The van der Waals surface area contributed by atoms with Crippen LogP contribution >= 0.6 is 11.3 Å². The lowest BCUT2D eigenvalue weighted by Crippen LogP contribution is -2.00. The second-order valence-electron chi connectivity index (χ2n) is 5.20. The van der Waals surface area contributed by atoms with Crippen molar-refractivity contribution in [1.82, 2.24) is 19.6 Å². The van der Waals surface area contributed by atoms with Crippen molar-refractivity contribution in [2.75, 3.05) is 5.73 Å². The molecule has 0 radical (unpaired) electrons. The summed E-state index contributed by atoms with van der Waals surface area (Å²) >= 11 is 1.66. The minimum atomic E-state index is 0.469. The predicted molar refractivity (Wildman–Crippen MR) is 93.3 cm³/mol. The van der Waals surface area contributed by atoms with Crippen LogP contribution in [0.5, 0.6) is 0 Å². The van der Waals surface area contributed by atoms with Gasteiger partial charge >= 0.3 is 0 Å². The SMILES string of the molecule is CCc1nc(-c2cc(-c3ccccc3)c3c(N)ncnn23)cs1. The molecule has 0 aliphatic carbocycles. The molecule has 0 aliphatic rings. The summed E-state index contributed by atoms with van der Waals surface area (Å²) in [6.07, 6.45) is 2.41. The zero-order chi connectivity index (χ0) is 15.8. The van der Waals surface area contributed by atoms with Crippen LogP contribution in [-0.2, 0) is 6.42 Å². The minimum Gasteiger partial charge on any atom is -0.382 e. The number of hydrogen-bond acceptors (Lipinski definition) is 5. The third kappa shape index (κ3) is 2.27. The van der Waals surface area contributed by atoms with E-state index in [9.17, 15) is 0 Å². The first-order valence-corrected chi connectivity index (χ1v) is 8.28. The zero-order valence-electron chi connectivity index (χ0n) is 12.6. The van der Waals surface area contributed by atoms with E-state index in [1.807, 2.05) is 22.7 Å². The van der Waals surface area contributed by atoms with Crippen molar-refractivity contribution in [3.8, 4) is 22.5 Å². The zero-order valence-corrected chi connectivity index (χ0v) is 13.4. The topological polar surface area (TPSA) is 69.1 Å². The second-order valence-corrected chi connectivity index (χ2v) is 6.14. The van der Waals surface area contributed by atoms with Crippen LogP contribution in [0.4, 0.5) is 5.82 Å². The quantitative estimate of drug-likeness (QED) is 0.625. The maximum absolute atomic E-state index is 6.13. The fourth-order valence-corrected chi connectivity index (χ4v) is 3.42. The largest absolute Gasteiger partial charge is 0.382 e. The first-order valence-electron chi connectivity index (χ1n) is 7.40. The Morgan fingerprint density at radius 1 is 1.22 bits per heavy atom. The molecule has 23 heavy (non-hydrogen) atoms. The van der Waals surface area contributed by atoms with Crippen LogP contribution in [0.3, 0.4) is 0 Å². The first-order chi connectivity index (χ1) is 11.3. The van der Waals surface area contributed by atoms with E-state index in [1.165, 1.54) is 6.33 Å². The van der Waals surface area contributed by atoms with Gasteiger partial charge in [-0.2, -0.15) is 5.10 Å². The highest BCUT2D eigenvalue weighted by Crippen LogP contribution is 2.34. The molecule has 5 nitrogen and oxygen atoms in total. The Kier molecular flexibility index (Phi) is 3.31. The third-order valence-electron chi connectivity index (χ3n) is 3.78. The number of rotatable bonds is 3. The van der Waals surface area contributed by atoms with Crippen molar-refractivity contribution in [3.63, 3.8) is 0 Å². The Hall–Kier alpha value is -2.73. The van der Waals surface area contributed by atoms with E-state index in [0.717, 1.165) is 39.5 Å². The maximum Gasteiger partial charge on any atom is 0.152 e. The number of thiazole rings is 1. The standard InChI is InChI=1S/C17H15N5S/c1-2-15-21-13(9-23-15)14-8-12(11-6-4-3-5-7-11)16-17(18)19-10-20-22(14)16/h3-10H,2H2,1H3,(H2,18,19,20). The lowest BCUT2D eigenvalue weighted by molar-refractivity contribution is 0.910. The summed E-state index contributed by atoms with van der Waals surface area (Å²) < 4.78 is 1.83. The fraction of sp³-hybridized carbons (Fsp3) is 0.118. The Morgan fingerprint density at radius 2 is 2.04 bits per heavy atom. The molecule has 1 aromatic carbocycles. The molecule has 4 aromatic rings. The van der Waals surface area contributed by atoms with E-state index >= 15 is 0 Å². The van der Waals surface area contributed by atoms with Crippen molar-refractivity contribution in [3.05, 3.63) is 53.1 Å². The summed E-state index contributed by atoms with van der Waals surface area (Å²) in [6, 6.07) is 12.2. The average molecular weight is 321 g/mol. The highest BCUT2D eigenvalue weighted by molar-refractivity contribution is 7.09. The number of anilines is 1. The fourth-order valence-electron chi connectivity index (χ4n) is 2.68. The highest BCUT2D eigenvalue weighted by atomic mass is 32.1. The van der Waals surface area contributed by atoms with E-state index in [2.05, 4.69) is 45.6 Å². The van der Waals surface area contributed by atoms with E-state index in [1.54, 1.807) is 11.3 Å². The molecule has 3 aromatic heterocycles. The van der Waals surface area contributed by atoms with Crippen LogP contribution in [0.1, 0.15) is 11.9 Å². The smallest absolute Gasteiger partial charge is 0.152 e. The molecule has 0 saturated carbocycles. The molecule has 0 aliphatic heterocycles. The van der Waals surface area contributed by atoms with Gasteiger partial charge in [-0.1, -0.05) is 37.3 Å². The Balaban J connectivity index is 2.01. The molecule has 0 spiro atoms. The van der Waals surface area contributed by atoms with Crippen molar-refractivity contribution in [2.45, 2.75) is 13.3 Å². The van der Waals surface area contributed by atoms with Crippen LogP contribution in [0.25, 0.3) is 28.0 Å². The van der Waals surface area contributed by atoms with Crippen molar-refractivity contribution >= 4 is 22.7 Å². The van der Waals surface area contributed by atoms with E-state index < -0.39 is 0 Å². The lowest BCUT2D eigenvalue weighted by atomic mass is 10.1. The molecular formula is C17H15N5S. The van der Waals surface area contributed by atoms with Gasteiger partial charge in [-0.15, -0.1) is 11.3 Å². The summed E-state index contributed by atoms with van der Waals surface area (Å²) in [5.74, 6) is 0.469. The van der Waals surface area contributed by atoms with Crippen molar-refractivity contribution < 1.29 is 0 Å². The van der Waals surface area contributed by atoms with Gasteiger partial charge in [-0.25, -0.2) is 14.5 Å². The van der Waals surface area contributed by atoms with Crippen LogP contribution in [-0.4, -0.2) is 19.6 Å². The molecule has 0 atom stereocenters. The van der Waals surface area contributed by atoms with Gasteiger partial charge in [0.25, 0.3) is 0 Å². The van der Waals surface area contributed by atoms with E-state index in [-0.39, 0.29) is 0 Å². The highest BCUT2D eigenvalue weighted by Gasteiger charge is 2.17. The number of fused-ring (bicyclic) bond motifs is 1. The Morgan fingerprint density at radius 3 is 2.78 bits per heavy atom. The second kappa shape index (κ2) is 5.48. The Bertz CT molecular complexity index is 971. The summed E-state index contributed by atoms with van der Waals surface area (Å²) in [4.78, 5) is 8.83. The van der Waals surface area contributed by atoms with Gasteiger partial charge in [-0.05, 0) is 18.1 Å². The Labute approximate surface area is 137 Å². The monoisotopic (exact) mass is 321 g/mol. The molecule has 0 amide bonds. The molecule has 0 saturated heterocycles. The molecule has 0 fully saturated rings. The van der Waals surface area contributed by atoms with Crippen LogP contribution < -0.4 is 5.73 Å². The molecular weight excluding hydrogens is 306 g/mol. The predicted octanol–water partition coefficient (Wildman–Crippen LogP) is 3.66. The van der Waals surface area contributed by atoms with Gasteiger partial charge in [0.05, 0.1) is 16.4 Å². The number of hydrogen-bond donors (Lipinski definition) is 1. The number of nitrogens with zero attached hydrogens (tertiary/aromatic N) is 4. The minimum absolute atomic E-state index is 0.469. The van der Waals surface area contributed by atoms with Gasteiger partial charge in [0.1, 0.15) is 11.8 Å². The van der Waals surface area contributed by atoms with Crippen molar-refractivity contribution in [1.29, 1.82) is 0 Å². The van der Waals surface area contributed by atoms with Crippen LogP contribution in [0, 0.1) is 0 Å². The van der Waals surface area contributed by atoms with Gasteiger partial charge < -0.3 is 5.73 Å². The lowest BCUT2D eigenvalue weighted by Gasteiger charge is -2.02.